The summed E-state index contributed by atoms with van der Waals surface area (Å²) in [6, 6.07) is 54.1. The fraction of sp³-hybridized carbons (Fsp3) is 0.421. The topological polar surface area (TPSA) is 9.72 Å². The van der Waals surface area contributed by atoms with Gasteiger partial charge in [0.2, 0.25) is 0 Å². The van der Waals surface area contributed by atoms with E-state index >= 15 is 0 Å². The minimum absolute atomic E-state index is 0.0163. The lowest BCUT2D eigenvalue weighted by atomic mass is 9.33. The minimum Gasteiger partial charge on any atom is -0.311 e. The van der Waals surface area contributed by atoms with Gasteiger partial charge in [-0.2, -0.15) is 0 Å². The zero-order valence-corrected chi connectivity index (χ0v) is 51.3. The zero-order chi connectivity index (χ0) is 55.8. The van der Waals surface area contributed by atoms with Crippen LogP contribution in [0, 0.1) is 0 Å². The quantitative estimate of drug-likeness (QED) is 0.159. The molecule has 10 aliphatic rings. The van der Waals surface area contributed by atoms with Crippen molar-refractivity contribution in [3.8, 4) is 0 Å². The van der Waals surface area contributed by atoms with E-state index in [0.717, 1.165) is 11.4 Å². The molecule has 8 aromatic rings. The number of anilines is 9. The molecule has 2 fully saturated rings. The molecule has 0 unspecified atom stereocenters. The van der Waals surface area contributed by atoms with Gasteiger partial charge in [0, 0.05) is 44.5 Å². The molecule has 8 aliphatic carbocycles. The lowest BCUT2D eigenvalue weighted by Gasteiger charge is -2.53. The van der Waals surface area contributed by atoms with Crippen molar-refractivity contribution in [1.82, 2.24) is 0 Å². The molecule has 0 radical (unpaired) electrons. The van der Waals surface area contributed by atoms with Crippen molar-refractivity contribution in [3.63, 3.8) is 0 Å². The molecule has 0 spiro atoms. The van der Waals surface area contributed by atoms with Gasteiger partial charge in [-0.3, -0.25) is 0 Å². The van der Waals surface area contributed by atoms with Gasteiger partial charge in [-0.1, -0.05) is 138 Å². The second-order valence-electron chi connectivity index (χ2n) is 30.9. The molecule has 0 amide bonds. The molecule has 4 bridgehead atoms. The van der Waals surface area contributed by atoms with Crippen molar-refractivity contribution in [1.29, 1.82) is 0 Å². The number of hydrogen-bond acceptors (Lipinski definition) is 4. The molecule has 2 saturated carbocycles. The van der Waals surface area contributed by atoms with E-state index in [-0.39, 0.29) is 50.0 Å². The molecule has 410 valence electrons. The predicted molar refractivity (Wildman–Crippen MR) is 347 cm³/mol. The third-order valence-electron chi connectivity index (χ3n) is 23.9. The molecular weight excluding hydrogens is 998 g/mol. The molecule has 7 aromatic carbocycles. The van der Waals surface area contributed by atoms with Crippen LogP contribution in [-0.2, 0) is 43.3 Å². The lowest BCUT2D eigenvalue weighted by molar-refractivity contribution is 0.188. The van der Waals surface area contributed by atoms with Crippen LogP contribution in [0.25, 0.3) is 10.1 Å². The van der Waals surface area contributed by atoms with Crippen molar-refractivity contribution in [2.45, 2.75) is 203 Å². The third kappa shape index (κ3) is 7.00. The van der Waals surface area contributed by atoms with Gasteiger partial charge in [-0.05, 0) is 266 Å². The molecule has 3 heterocycles. The largest absolute Gasteiger partial charge is 0.311 e. The van der Waals surface area contributed by atoms with E-state index in [9.17, 15) is 0 Å². The summed E-state index contributed by atoms with van der Waals surface area (Å²) in [7, 11) is 0. The summed E-state index contributed by atoms with van der Waals surface area (Å²) in [5, 5.41) is 2.87. The molecule has 0 N–H and O–H groups in total. The average molecular weight is 1080 g/mol. The monoisotopic (exact) mass is 1080 g/mol. The summed E-state index contributed by atoms with van der Waals surface area (Å²) in [6.45, 7) is 30.4. The van der Waals surface area contributed by atoms with Crippen LogP contribution in [0.5, 0.6) is 0 Å². The Morgan fingerprint density at radius 2 is 0.778 bits per heavy atom. The Labute approximate surface area is 488 Å². The smallest absolute Gasteiger partial charge is 0.254 e. The second kappa shape index (κ2) is 16.4. The average Bonchev–Trinajstić information content (AvgIpc) is 3.68. The summed E-state index contributed by atoms with van der Waals surface area (Å²) in [5.74, 6) is 0. The van der Waals surface area contributed by atoms with Crippen molar-refractivity contribution in [2.24, 2.45) is 0 Å². The molecule has 18 rings (SSSR count). The van der Waals surface area contributed by atoms with E-state index in [1.54, 1.807) is 22.3 Å². The zero-order valence-electron chi connectivity index (χ0n) is 50.5. The van der Waals surface area contributed by atoms with Crippen LogP contribution < -0.4 is 31.1 Å². The van der Waals surface area contributed by atoms with Crippen molar-refractivity contribution < 1.29 is 0 Å². The summed E-state index contributed by atoms with van der Waals surface area (Å²) >= 11 is 2.08. The van der Waals surface area contributed by atoms with E-state index in [1.165, 1.54) is 165 Å². The van der Waals surface area contributed by atoms with Gasteiger partial charge in [0.15, 0.2) is 0 Å². The number of nitrogens with zero attached hydrogens (tertiary/aromatic N) is 3. The van der Waals surface area contributed by atoms with E-state index in [2.05, 4.69) is 243 Å². The van der Waals surface area contributed by atoms with Crippen LogP contribution in [0.3, 0.4) is 0 Å². The Hall–Kier alpha value is -6.04. The SMILES string of the molecule is CC1(C)CCC(C)(C)c2cc(N3c4cc5c(cc4B4c6c3cc(N(c3ccccc3)c3ccccc3)cc6N(c3ccc6c(c3)C(C)(C)CCC6(C)C)c3sc6cc7c(cc6c34)C3(C)CCC7(C)CC3)C3(C)CCC5(C)CC3)ccc21. The van der Waals surface area contributed by atoms with Crippen LogP contribution in [0.4, 0.5) is 50.5 Å². The maximum absolute atomic E-state index is 2.82. The van der Waals surface area contributed by atoms with E-state index in [4.69, 9.17) is 0 Å². The van der Waals surface area contributed by atoms with Gasteiger partial charge in [-0.15, -0.1) is 11.3 Å². The first-order valence-electron chi connectivity index (χ1n) is 31.3. The molecule has 81 heavy (non-hydrogen) atoms. The fourth-order valence-corrected chi connectivity index (χ4v) is 19.4. The summed E-state index contributed by atoms with van der Waals surface area (Å²) in [4.78, 5) is 8.13. The number of thiophene rings is 1. The summed E-state index contributed by atoms with van der Waals surface area (Å²) in [6.07, 6.45) is 14.9. The highest BCUT2D eigenvalue weighted by atomic mass is 32.1. The van der Waals surface area contributed by atoms with Gasteiger partial charge < -0.3 is 14.7 Å². The number of fused-ring (bicyclic) bond motifs is 12. The number of hydrogen-bond donors (Lipinski definition) is 0. The van der Waals surface area contributed by atoms with Crippen molar-refractivity contribution in [3.05, 3.63) is 178 Å². The number of benzene rings is 7. The van der Waals surface area contributed by atoms with Gasteiger partial charge in [0.1, 0.15) is 0 Å². The maximum atomic E-state index is 2.82. The Morgan fingerprint density at radius 1 is 0.358 bits per heavy atom. The Balaban J connectivity index is 1.07. The van der Waals surface area contributed by atoms with E-state index in [1.807, 2.05) is 0 Å². The maximum Gasteiger partial charge on any atom is 0.254 e. The highest BCUT2D eigenvalue weighted by Crippen LogP contribution is 2.61. The van der Waals surface area contributed by atoms with Gasteiger partial charge in [-0.25, -0.2) is 0 Å². The second-order valence-corrected chi connectivity index (χ2v) is 31.9. The molecule has 3 nitrogen and oxygen atoms in total. The van der Waals surface area contributed by atoms with Crippen LogP contribution >= 0.6 is 11.3 Å². The standard InChI is InChI=1S/C76H82BN3S/c1-69(2)27-29-71(5,6)55-39-49(23-25-53(55)69)79-62-45-59-58(74(10)33-35-75(59,11)36-34-74)44-61(62)77-66-52-43-57-60(76(12)37-31-73(57,9)32-38-76)46-65(52)81-68(66)80(50-24-26-54-56(40-50)72(7,8)30-28-70(54,3)4)64-42-51(41-63(79)67(64)77)78(47-19-15-13-16-20-47)48-21-17-14-18-22-48/h13-26,39-46H,27-38H2,1-12H3. The normalized spacial score (nSPS) is 26.9. The molecule has 0 saturated heterocycles. The van der Waals surface area contributed by atoms with E-state index in [0.29, 0.717) is 0 Å². The molecule has 1 aromatic heterocycles. The van der Waals surface area contributed by atoms with Crippen molar-refractivity contribution >= 4 is 95.0 Å². The first-order valence-corrected chi connectivity index (χ1v) is 32.1. The first-order chi connectivity index (χ1) is 38.5. The fourth-order valence-electron chi connectivity index (χ4n) is 18.1. The molecule has 5 heteroatoms. The van der Waals surface area contributed by atoms with Gasteiger partial charge >= 0.3 is 0 Å². The Morgan fingerprint density at radius 3 is 1.27 bits per heavy atom. The van der Waals surface area contributed by atoms with Gasteiger partial charge in [0.25, 0.3) is 6.71 Å². The number of rotatable bonds is 5. The molecule has 0 atom stereocenters. The molecule has 2 aliphatic heterocycles. The summed E-state index contributed by atoms with van der Waals surface area (Å²) < 4.78 is 1.45. The Bertz CT molecular complexity index is 3950. The van der Waals surface area contributed by atoms with Gasteiger partial charge in [0.05, 0.1) is 10.7 Å². The third-order valence-corrected chi connectivity index (χ3v) is 25.1. The van der Waals surface area contributed by atoms with Crippen LogP contribution in [0.1, 0.15) is 205 Å². The van der Waals surface area contributed by atoms with Crippen LogP contribution in [0.2, 0.25) is 0 Å². The highest BCUT2D eigenvalue weighted by Gasteiger charge is 2.54. The van der Waals surface area contributed by atoms with Crippen LogP contribution in [0.15, 0.2) is 133 Å². The van der Waals surface area contributed by atoms with Crippen LogP contribution in [-0.4, -0.2) is 6.71 Å². The first kappa shape index (κ1) is 50.7. The number of para-hydroxylation sites is 2. The lowest BCUT2D eigenvalue weighted by Crippen LogP contribution is -2.61. The minimum atomic E-state index is 0.0163. The Kier molecular flexibility index (Phi) is 10.3. The van der Waals surface area contributed by atoms with E-state index < -0.39 is 0 Å². The predicted octanol–water partition coefficient (Wildman–Crippen LogP) is 19.4. The van der Waals surface area contributed by atoms with Crippen molar-refractivity contribution in [2.75, 3.05) is 14.7 Å². The summed E-state index contributed by atoms with van der Waals surface area (Å²) in [5.41, 5.74) is 27.9. The highest BCUT2D eigenvalue weighted by molar-refractivity contribution is 7.26. The molecular formula is C76H82BN3S.